The SMILES string of the molecule is Cc1ccc(-n2c(CC#N)n[nH]c2=S)cc1C. The van der Waals surface area contributed by atoms with Crippen LogP contribution in [0.15, 0.2) is 18.2 Å². The van der Waals surface area contributed by atoms with Crippen molar-refractivity contribution >= 4 is 12.2 Å². The monoisotopic (exact) mass is 244 g/mol. The van der Waals surface area contributed by atoms with Gasteiger partial charge in [-0.05, 0) is 49.3 Å². The Kier molecular flexibility index (Phi) is 3.07. The lowest BCUT2D eigenvalue weighted by Gasteiger charge is -2.07. The largest absolute Gasteiger partial charge is 0.271 e. The number of hydrogen-bond donors (Lipinski definition) is 1. The van der Waals surface area contributed by atoms with Gasteiger partial charge in [-0.1, -0.05) is 6.07 Å². The second-order valence-corrected chi connectivity index (χ2v) is 4.27. The van der Waals surface area contributed by atoms with Crippen LogP contribution in [0.2, 0.25) is 0 Å². The highest BCUT2D eigenvalue weighted by Crippen LogP contribution is 2.16. The molecule has 0 unspecified atom stereocenters. The van der Waals surface area contributed by atoms with Crippen molar-refractivity contribution in [3.63, 3.8) is 0 Å². The molecule has 17 heavy (non-hydrogen) atoms. The zero-order valence-corrected chi connectivity index (χ0v) is 10.5. The molecule has 0 fully saturated rings. The molecule has 1 N–H and O–H groups in total. The van der Waals surface area contributed by atoms with Crippen molar-refractivity contribution in [2.75, 3.05) is 0 Å². The van der Waals surface area contributed by atoms with Crippen LogP contribution < -0.4 is 0 Å². The molecule has 1 aromatic heterocycles. The average molecular weight is 244 g/mol. The van der Waals surface area contributed by atoms with Crippen LogP contribution >= 0.6 is 12.2 Å². The molecule has 0 atom stereocenters. The van der Waals surface area contributed by atoms with Gasteiger partial charge >= 0.3 is 0 Å². The molecule has 0 aliphatic carbocycles. The van der Waals surface area contributed by atoms with E-state index in [1.54, 1.807) is 4.57 Å². The topological polar surface area (TPSA) is 57.4 Å². The third-order valence-corrected chi connectivity index (χ3v) is 3.00. The predicted octanol–water partition coefficient (Wildman–Crippen LogP) is 2.61. The molecule has 2 aromatic rings. The van der Waals surface area contributed by atoms with Crippen molar-refractivity contribution in [1.82, 2.24) is 14.8 Å². The van der Waals surface area contributed by atoms with Crippen LogP contribution in [0.4, 0.5) is 0 Å². The van der Waals surface area contributed by atoms with Gasteiger partial charge in [0.05, 0.1) is 12.5 Å². The molecule has 0 aliphatic rings. The molecule has 0 aliphatic heterocycles. The molecular weight excluding hydrogens is 232 g/mol. The van der Waals surface area contributed by atoms with E-state index in [1.165, 1.54) is 11.1 Å². The van der Waals surface area contributed by atoms with Crippen LogP contribution in [-0.2, 0) is 6.42 Å². The molecule has 1 heterocycles. The smallest absolute Gasteiger partial charge is 0.199 e. The Balaban J connectivity index is 2.60. The zero-order valence-electron chi connectivity index (χ0n) is 9.69. The lowest BCUT2D eigenvalue weighted by molar-refractivity contribution is 0.919. The maximum absolute atomic E-state index is 8.75. The number of aromatic amines is 1. The fraction of sp³-hybridized carbons (Fsp3) is 0.250. The summed E-state index contributed by atoms with van der Waals surface area (Å²) in [6, 6.07) is 8.15. The molecule has 0 amide bonds. The summed E-state index contributed by atoms with van der Waals surface area (Å²) in [5.74, 6) is 0.640. The quantitative estimate of drug-likeness (QED) is 0.826. The summed E-state index contributed by atoms with van der Waals surface area (Å²) >= 11 is 5.18. The van der Waals surface area contributed by atoms with Crippen LogP contribution in [0.5, 0.6) is 0 Å². The minimum atomic E-state index is 0.236. The van der Waals surface area contributed by atoms with E-state index in [0.717, 1.165) is 5.69 Å². The minimum Gasteiger partial charge on any atom is -0.271 e. The van der Waals surface area contributed by atoms with Crippen LogP contribution in [0.25, 0.3) is 5.69 Å². The molecule has 0 bridgehead atoms. The summed E-state index contributed by atoms with van der Waals surface area (Å²) in [6.45, 7) is 4.11. The average Bonchev–Trinajstić information content (AvgIpc) is 2.65. The summed E-state index contributed by atoms with van der Waals surface area (Å²) < 4.78 is 2.31. The fourth-order valence-electron chi connectivity index (χ4n) is 1.65. The van der Waals surface area contributed by atoms with Gasteiger partial charge in [0.25, 0.3) is 0 Å². The van der Waals surface area contributed by atoms with E-state index in [1.807, 2.05) is 25.1 Å². The Labute approximate surface area is 105 Å². The number of rotatable bonds is 2. The number of hydrogen-bond acceptors (Lipinski definition) is 3. The highest BCUT2D eigenvalue weighted by molar-refractivity contribution is 7.71. The van der Waals surface area contributed by atoms with E-state index < -0.39 is 0 Å². The number of H-pyrrole nitrogens is 1. The molecule has 0 spiro atoms. The van der Waals surface area contributed by atoms with Crippen molar-refractivity contribution < 1.29 is 0 Å². The number of nitrogens with one attached hydrogen (secondary N) is 1. The van der Waals surface area contributed by atoms with Gasteiger partial charge in [0, 0.05) is 5.69 Å². The first-order valence-electron chi connectivity index (χ1n) is 5.24. The van der Waals surface area contributed by atoms with Crippen LogP contribution in [0, 0.1) is 29.9 Å². The molecule has 4 nitrogen and oxygen atoms in total. The summed E-state index contributed by atoms with van der Waals surface area (Å²) in [7, 11) is 0. The first-order chi connectivity index (χ1) is 8.13. The summed E-state index contributed by atoms with van der Waals surface area (Å²) in [5.41, 5.74) is 3.36. The lowest BCUT2D eigenvalue weighted by atomic mass is 10.1. The van der Waals surface area contributed by atoms with E-state index in [4.69, 9.17) is 17.5 Å². The van der Waals surface area contributed by atoms with Gasteiger partial charge in [-0.25, -0.2) is 0 Å². The van der Waals surface area contributed by atoms with Gasteiger partial charge < -0.3 is 0 Å². The second-order valence-electron chi connectivity index (χ2n) is 3.88. The van der Waals surface area contributed by atoms with E-state index in [-0.39, 0.29) is 6.42 Å². The van der Waals surface area contributed by atoms with Gasteiger partial charge in [-0.3, -0.25) is 9.67 Å². The predicted molar refractivity (Wildman–Crippen MR) is 67.5 cm³/mol. The molecule has 86 valence electrons. The Bertz CT molecular complexity index is 645. The van der Waals surface area contributed by atoms with Crippen molar-refractivity contribution in [3.8, 4) is 11.8 Å². The maximum Gasteiger partial charge on any atom is 0.199 e. The third kappa shape index (κ3) is 2.12. The van der Waals surface area contributed by atoms with Crippen molar-refractivity contribution in [3.05, 3.63) is 39.9 Å². The highest BCUT2D eigenvalue weighted by Gasteiger charge is 2.08. The Morgan fingerprint density at radius 1 is 1.41 bits per heavy atom. The number of aryl methyl sites for hydroxylation is 2. The molecule has 2 rings (SSSR count). The van der Waals surface area contributed by atoms with Crippen molar-refractivity contribution in [2.45, 2.75) is 20.3 Å². The first-order valence-corrected chi connectivity index (χ1v) is 5.65. The van der Waals surface area contributed by atoms with Crippen LogP contribution in [0.1, 0.15) is 17.0 Å². The Hall–Kier alpha value is -1.93. The molecular formula is C12H12N4S. The lowest BCUT2D eigenvalue weighted by Crippen LogP contribution is -2.01. The number of benzene rings is 1. The molecule has 0 saturated carbocycles. The van der Waals surface area contributed by atoms with E-state index >= 15 is 0 Å². The Morgan fingerprint density at radius 2 is 2.18 bits per heavy atom. The zero-order chi connectivity index (χ0) is 12.4. The third-order valence-electron chi connectivity index (χ3n) is 2.73. The van der Waals surface area contributed by atoms with Gasteiger partial charge in [0.15, 0.2) is 4.77 Å². The second kappa shape index (κ2) is 4.52. The summed E-state index contributed by atoms with van der Waals surface area (Å²) in [6.07, 6.45) is 0.236. The van der Waals surface area contributed by atoms with E-state index in [9.17, 15) is 0 Å². The van der Waals surface area contributed by atoms with E-state index in [2.05, 4.69) is 23.2 Å². The number of nitrogens with zero attached hydrogens (tertiary/aromatic N) is 3. The summed E-state index contributed by atoms with van der Waals surface area (Å²) in [4.78, 5) is 0. The minimum absolute atomic E-state index is 0.236. The standard InChI is InChI=1S/C12H12N4S/c1-8-3-4-10(7-9(8)2)16-11(5-6-13)14-15-12(16)17/h3-4,7H,5H2,1-2H3,(H,15,17). The Morgan fingerprint density at radius 3 is 2.82 bits per heavy atom. The highest BCUT2D eigenvalue weighted by atomic mass is 32.1. The molecule has 1 aromatic carbocycles. The normalized spacial score (nSPS) is 10.2. The molecule has 0 saturated heterocycles. The van der Waals surface area contributed by atoms with Crippen molar-refractivity contribution in [2.24, 2.45) is 0 Å². The first kappa shape index (κ1) is 11.6. The van der Waals surface area contributed by atoms with Gasteiger partial charge in [-0.15, -0.1) is 0 Å². The number of aromatic nitrogens is 3. The van der Waals surface area contributed by atoms with Crippen molar-refractivity contribution in [1.29, 1.82) is 5.26 Å². The molecule has 0 radical (unpaired) electrons. The fourth-order valence-corrected chi connectivity index (χ4v) is 1.91. The number of nitriles is 1. The van der Waals surface area contributed by atoms with Crippen LogP contribution in [0.3, 0.4) is 0 Å². The van der Waals surface area contributed by atoms with Crippen LogP contribution in [-0.4, -0.2) is 14.8 Å². The van der Waals surface area contributed by atoms with Gasteiger partial charge in [0.2, 0.25) is 0 Å². The maximum atomic E-state index is 8.75. The van der Waals surface area contributed by atoms with Gasteiger partial charge in [0.1, 0.15) is 5.82 Å². The summed E-state index contributed by atoms with van der Waals surface area (Å²) in [5, 5.41) is 15.5. The van der Waals surface area contributed by atoms with Gasteiger partial charge in [-0.2, -0.15) is 10.4 Å². The molecule has 5 heteroatoms. The van der Waals surface area contributed by atoms with E-state index in [0.29, 0.717) is 10.6 Å².